The fourth-order valence-electron chi connectivity index (χ4n) is 0.934. The Morgan fingerprint density at radius 3 is 2.80 bits per heavy atom. The van der Waals surface area contributed by atoms with E-state index in [4.69, 9.17) is 16.7 Å². The monoisotopic (exact) mass is 230 g/mol. The van der Waals surface area contributed by atoms with Crippen molar-refractivity contribution in [3.05, 3.63) is 38.1 Å². The van der Waals surface area contributed by atoms with Crippen LogP contribution >= 0.6 is 11.6 Å². The molecule has 0 saturated heterocycles. The van der Waals surface area contributed by atoms with E-state index in [1.165, 1.54) is 6.08 Å². The molecule has 0 aliphatic rings. The Kier molecular flexibility index (Phi) is 3.59. The summed E-state index contributed by atoms with van der Waals surface area (Å²) in [7, 11) is 0. The summed E-state index contributed by atoms with van der Waals surface area (Å²) in [6.07, 6.45) is 2.24. The van der Waals surface area contributed by atoms with Crippen molar-refractivity contribution >= 4 is 23.6 Å². The Morgan fingerprint density at radius 1 is 1.60 bits per heavy atom. The van der Waals surface area contributed by atoms with Crippen molar-refractivity contribution in [1.29, 1.82) is 0 Å². The molecule has 0 atom stereocenters. The van der Waals surface area contributed by atoms with Crippen LogP contribution in [0.5, 0.6) is 0 Å². The van der Waals surface area contributed by atoms with Gasteiger partial charge in [0.1, 0.15) is 6.61 Å². The molecule has 0 unspecified atom stereocenters. The number of hydrogen-bond acceptors (Lipinski definition) is 4. The van der Waals surface area contributed by atoms with Gasteiger partial charge in [0.2, 0.25) is 0 Å². The van der Waals surface area contributed by atoms with E-state index >= 15 is 0 Å². The first kappa shape index (κ1) is 11.4. The molecule has 6 nitrogen and oxygen atoms in total. The van der Waals surface area contributed by atoms with Crippen molar-refractivity contribution < 1.29 is 9.90 Å². The second-order valence-corrected chi connectivity index (χ2v) is 2.81. The minimum Gasteiger partial charge on any atom is -0.387 e. The maximum absolute atomic E-state index is 11.1. The van der Waals surface area contributed by atoms with Gasteiger partial charge in [0.25, 0.3) is 11.5 Å². The number of nitrogens with zero attached hydrogens (tertiary/aromatic N) is 1. The van der Waals surface area contributed by atoms with Gasteiger partial charge in [-0.3, -0.25) is 14.6 Å². The van der Waals surface area contributed by atoms with Crippen molar-refractivity contribution in [1.82, 2.24) is 9.55 Å². The van der Waals surface area contributed by atoms with Gasteiger partial charge in [-0.25, -0.2) is 9.36 Å². The molecule has 2 N–H and O–H groups in total. The molecule has 0 spiro atoms. The average Bonchev–Trinajstić information content (AvgIpc) is 2.21. The number of aromatic amines is 1. The Labute approximate surface area is 88.4 Å². The smallest absolute Gasteiger partial charge is 0.335 e. The molecule has 0 saturated carbocycles. The zero-order valence-electron chi connectivity index (χ0n) is 7.44. The zero-order chi connectivity index (χ0) is 11.4. The van der Waals surface area contributed by atoms with Gasteiger partial charge >= 0.3 is 5.69 Å². The number of aromatic nitrogens is 2. The van der Waals surface area contributed by atoms with Crippen LogP contribution in [0.25, 0.3) is 6.08 Å². The Morgan fingerprint density at radius 2 is 2.27 bits per heavy atom. The van der Waals surface area contributed by atoms with Gasteiger partial charge < -0.3 is 5.11 Å². The van der Waals surface area contributed by atoms with Crippen LogP contribution in [0.2, 0.25) is 0 Å². The summed E-state index contributed by atoms with van der Waals surface area (Å²) in [5.74, 6) is -0.833. The van der Waals surface area contributed by atoms with Crippen LogP contribution in [0.3, 0.4) is 0 Å². The van der Waals surface area contributed by atoms with Gasteiger partial charge in [-0.05, 0) is 6.08 Å². The molecule has 0 aromatic carbocycles. The highest BCUT2D eigenvalue weighted by Gasteiger charge is 2.08. The second kappa shape index (κ2) is 4.72. The number of aliphatic hydroxyl groups is 1. The molecule has 0 amide bonds. The minimum absolute atomic E-state index is 0.0476. The molecule has 7 heteroatoms. The fraction of sp³-hybridized carbons (Fsp3) is 0.125. The predicted molar refractivity (Wildman–Crippen MR) is 53.9 cm³/mol. The van der Waals surface area contributed by atoms with Crippen LogP contribution in [-0.2, 0) is 0 Å². The van der Waals surface area contributed by atoms with Crippen LogP contribution in [0.15, 0.2) is 21.3 Å². The molecular formula is C8H7ClN2O4. The van der Waals surface area contributed by atoms with E-state index in [1.54, 1.807) is 0 Å². The summed E-state index contributed by atoms with van der Waals surface area (Å²) in [5.41, 5.74) is -0.431. The first-order valence-corrected chi connectivity index (χ1v) is 4.30. The molecule has 0 bridgehead atoms. The molecule has 0 fully saturated rings. The highest BCUT2D eigenvalue weighted by atomic mass is 35.5. The Bertz CT molecular complexity index is 514. The summed E-state index contributed by atoms with van der Waals surface area (Å²) in [6, 6.07) is 0. The molecule has 1 rings (SSSR count). The Balaban J connectivity index is 3.43. The summed E-state index contributed by atoms with van der Waals surface area (Å²) in [5, 5.41) is 8.56. The fourth-order valence-corrected chi connectivity index (χ4v) is 1.07. The zero-order valence-corrected chi connectivity index (χ0v) is 8.19. The van der Waals surface area contributed by atoms with Crippen molar-refractivity contribution in [2.75, 3.05) is 6.61 Å². The molecular weight excluding hydrogens is 224 g/mol. The molecule has 15 heavy (non-hydrogen) atoms. The van der Waals surface area contributed by atoms with Crippen molar-refractivity contribution in [3.8, 4) is 0 Å². The van der Waals surface area contributed by atoms with Gasteiger partial charge in [0, 0.05) is 11.7 Å². The van der Waals surface area contributed by atoms with E-state index in [9.17, 15) is 14.4 Å². The quantitative estimate of drug-likeness (QED) is 0.708. The number of carbonyl (C=O) groups is 1. The first-order valence-electron chi connectivity index (χ1n) is 3.87. The number of carbonyl (C=O) groups excluding carboxylic acids is 1. The maximum atomic E-state index is 11.1. The highest BCUT2D eigenvalue weighted by molar-refractivity contribution is 6.27. The maximum Gasteiger partial charge on any atom is 0.335 e. The van der Waals surface area contributed by atoms with E-state index in [-0.39, 0.29) is 5.56 Å². The van der Waals surface area contributed by atoms with E-state index in [1.807, 2.05) is 4.98 Å². The summed E-state index contributed by atoms with van der Waals surface area (Å²) in [4.78, 5) is 35.2. The highest BCUT2D eigenvalue weighted by Crippen LogP contribution is 1.93. The molecule has 0 aliphatic carbocycles. The SMILES string of the molecule is O=C(CO)n1cc(C=CCl)c(=O)[nH]c1=O. The topological polar surface area (TPSA) is 92.2 Å². The van der Waals surface area contributed by atoms with Gasteiger partial charge in [-0.1, -0.05) is 11.6 Å². The third-order valence-electron chi connectivity index (χ3n) is 1.62. The van der Waals surface area contributed by atoms with Gasteiger partial charge in [-0.15, -0.1) is 0 Å². The normalized spacial score (nSPS) is 10.8. The van der Waals surface area contributed by atoms with Crippen molar-refractivity contribution in [3.63, 3.8) is 0 Å². The second-order valence-electron chi connectivity index (χ2n) is 2.56. The number of hydrogen-bond donors (Lipinski definition) is 2. The number of aliphatic hydroxyl groups excluding tert-OH is 1. The third-order valence-corrected chi connectivity index (χ3v) is 1.74. The number of nitrogens with one attached hydrogen (secondary N) is 1. The van der Waals surface area contributed by atoms with Gasteiger partial charge in [0.05, 0.1) is 5.56 Å². The van der Waals surface area contributed by atoms with Gasteiger partial charge in [-0.2, -0.15) is 0 Å². The molecule has 0 aliphatic heterocycles. The first-order chi connectivity index (χ1) is 7.10. The van der Waals surface area contributed by atoms with Crippen LogP contribution in [0.1, 0.15) is 10.4 Å². The lowest BCUT2D eigenvalue weighted by Gasteiger charge is -2.01. The van der Waals surface area contributed by atoms with Crippen LogP contribution < -0.4 is 11.2 Å². The average molecular weight is 231 g/mol. The minimum atomic E-state index is -0.897. The van der Waals surface area contributed by atoms with Crippen molar-refractivity contribution in [2.24, 2.45) is 0 Å². The standard InChI is InChI=1S/C8H7ClN2O4/c9-2-1-5-3-11(6(13)4-12)8(15)10-7(5)14/h1-3,12H,4H2,(H,10,14,15). The van der Waals surface area contributed by atoms with Gasteiger partial charge in [0.15, 0.2) is 0 Å². The van der Waals surface area contributed by atoms with E-state index in [2.05, 4.69) is 0 Å². The largest absolute Gasteiger partial charge is 0.387 e. The van der Waals surface area contributed by atoms with Crippen molar-refractivity contribution in [2.45, 2.75) is 0 Å². The Hall–Kier alpha value is -1.66. The lowest BCUT2D eigenvalue weighted by atomic mass is 10.3. The number of H-pyrrole nitrogens is 1. The van der Waals surface area contributed by atoms with E-state index in [0.29, 0.717) is 4.57 Å². The summed E-state index contributed by atoms with van der Waals surface area (Å²) >= 11 is 5.26. The summed E-state index contributed by atoms with van der Waals surface area (Å²) in [6.45, 7) is -0.823. The molecule has 1 aromatic rings. The lowest BCUT2D eigenvalue weighted by Crippen LogP contribution is -2.35. The van der Waals surface area contributed by atoms with E-state index in [0.717, 1.165) is 11.7 Å². The van der Waals surface area contributed by atoms with E-state index < -0.39 is 23.8 Å². The third kappa shape index (κ3) is 2.42. The van der Waals surface area contributed by atoms with Crippen LogP contribution in [0, 0.1) is 0 Å². The van der Waals surface area contributed by atoms with Crippen LogP contribution in [-0.4, -0.2) is 27.2 Å². The number of halogens is 1. The molecule has 1 aromatic heterocycles. The van der Waals surface area contributed by atoms with Crippen LogP contribution in [0.4, 0.5) is 0 Å². The molecule has 1 heterocycles. The molecule has 0 radical (unpaired) electrons. The number of rotatable bonds is 2. The predicted octanol–water partition coefficient (Wildman–Crippen LogP) is -0.621. The molecule has 80 valence electrons. The lowest BCUT2D eigenvalue weighted by molar-refractivity contribution is 0.0812. The summed E-state index contributed by atoms with van der Waals surface area (Å²) < 4.78 is 0.605.